The van der Waals surface area contributed by atoms with E-state index in [4.69, 9.17) is 0 Å². The van der Waals surface area contributed by atoms with E-state index in [0.717, 1.165) is 12.8 Å². The second-order valence-electron chi connectivity index (χ2n) is 7.80. The Kier molecular flexibility index (Phi) is 4.39. The van der Waals surface area contributed by atoms with Gasteiger partial charge in [-0.2, -0.15) is 0 Å². The Labute approximate surface area is 167 Å². The monoisotopic (exact) mass is 395 g/mol. The highest BCUT2D eigenvalue weighted by atomic mass is 19.1. The molecule has 2 aliphatic heterocycles. The number of nitrogens with zero attached hydrogens (tertiary/aromatic N) is 6. The third-order valence-electron chi connectivity index (χ3n) is 6.00. The predicted octanol–water partition coefficient (Wildman–Crippen LogP) is 2.29. The molecule has 150 valence electrons. The van der Waals surface area contributed by atoms with E-state index >= 15 is 0 Å². The number of aromatic nitrogens is 5. The van der Waals surface area contributed by atoms with Gasteiger partial charge in [0.25, 0.3) is 0 Å². The molecule has 2 fully saturated rings. The highest BCUT2D eigenvalue weighted by molar-refractivity contribution is 5.66. The number of phenols is 1. The van der Waals surface area contributed by atoms with Crippen LogP contribution in [-0.2, 0) is 0 Å². The van der Waals surface area contributed by atoms with Crippen molar-refractivity contribution >= 4 is 5.82 Å². The summed E-state index contributed by atoms with van der Waals surface area (Å²) < 4.78 is 16.0. The van der Waals surface area contributed by atoms with Crippen LogP contribution in [0.5, 0.6) is 5.75 Å². The fraction of sp³-hybridized carbons (Fsp3) is 0.400. The van der Waals surface area contributed by atoms with Gasteiger partial charge in [0.15, 0.2) is 11.6 Å². The first-order valence-electron chi connectivity index (χ1n) is 9.78. The zero-order valence-corrected chi connectivity index (χ0v) is 16.0. The first-order valence-corrected chi connectivity index (χ1v) is 9.78. The molecule has 3 aromatic rings. The molecular weight excluding hydrogens is 373 g/mol. The summed E-state index contributed by atoms with van der Waals surface area (Å²) in [6, 6.07) is 4.11. The molecule has 2 unspecified atom stereocenters. The number of benzene rings is 1. The van der Waals surface area contributed by atoms with Crippen molar-refractivity contribution in [3.05, 3.63) is 42.9 Å². The molecule has 2 aromatic heterocycles. The zero-order valence-electron chi connectivity index (χ0n) is 16.0. The third kappa shape index (κ3) is 3.31. The molecule has 0 radical (unpaired) electrons. The molecule has 2 aliphatic rings. The van der Waals surface area contributed by atoms with Gasteiger partial charge >= 0.3 is 0 Å². The minimum absolute atomic E-state index is 0.118. The molecule has 0 aliphatic carbocycles. The first-order chi connectivity index (χ1) is 14.1. The minimum Gasteiger partial charge on any atom is -0.507 e. The Morgan fingerprint density at radius 2 is 2.00 bits per heavy atom. The lowest BCUT2D eigenvalue weighted by Gasteiger charge is -2.35. The first kappa shape index (κ1) is 18.0. The fourth-order valence-electron chi connectivity index (χ4n) is 4.41. The molecule has 0 amide bonds. The smallest absolute Gasteiger partial charge is 0.185 e. The predicted molar refractivity (Wildman–Crippen MR) is 105 cm³/mol. The topological polar surface area (TPSA) is 92.0 Å². The van der Waals surface area contributed by atoms with E-state index in [1.165, 1.54) is 35.9 Å². The number of aromatic hydroxyl groups is 1. The molecular formula is C20H22FN7O. The molecule has 29 heavy (non-hydrogen) atoms. The normalized spacial score (nSPS) is 23.3. The van der Waals surface area contributed by atoms with Crippen LogP contribution in [0, 0.1) is 5.82 Å². The van der Waals surface area contributed by atoms with Gasteiger partial charge in [-0.3, -0.25) is 0 Å². The summed E-state index contributed by atoms with van der Waals surface area (Å²) in [6.45, 7) is 0. The van der Waals surface area contributed by atoms with Crippen molar-refractivity contribution in [2.75, 3.05) is 11.9 Å². The van der Waals surface area contributed by atoms with E-state index in [-0.39, 0.29) is 22.8 Å². The van der Waals surface area contributed by atoms with E-state index < -0.39 is 5.82 Å². The summed E-state index contributed by atoms with van der Waals surface area (Å²) in [5.74, 6) is 0.231. The number of nitrogens with one attached hydrogen (secondary N) is 1. The van der Waals surface area contributed by atoms with Crippen molar-refractivity contribution in [3.63, 3.8) is 0 Å². The number of halogens is 1. The summed E-state index contributed by atoms with van der Waals surface area (Å²) in [7, 11) is 2.01. The summed E-state index contributed by atoms with van der Waals surface area (Å²) in [5.41, 5.74) is 0.404. The van der Waals surface area contributed by atoms with Crippen molar-refractivity contribution in [1.29, 1.82) is 0 Å². The largest absolute Gasteiger partial charge is 0.507 e. The van der Waals surface area contributed by atoms with Crippen LogP contribution >= 0.6 is 0 Å². The lowest BCUT2D eigenvalue weighted by atomic mass is 9.99. The van der Waals surface area contributed by atoms with Gasteiger partial charge in [-0.1, -0.05) is 0 Å². The highest BCUT2D eigenvalue weighted by Gasteiger charge is 2.35. The lowest BCUT2D eigenvalue weighted by Crippen LogP contribution is -2.47. The van der Waals surface area contributed by atoms with Crippen LogP contribution in [-0.4, -0.2) is 55.0 Å². The lowest BCUT2D eigenvalue weighted by molar-refractivity contribution is 0.353. The quantitative estimate of drug-likeness (QED) is 0.700. The maximum absolute atomic E-state index is 14.6. The number of fused-ring (bicyclic) bond motifs is 2. The van der Waals surface area contributed by atoms with Crippen molar-refractivity contribution in [1.82, 2.24) is 30.0 Å². The van der Waals surface area contributed by atoms with Gasteiger partial charge in [-0.05, 0) is 31.7 Å². The van der Waals surface area contributed by atoms with Gasteiger partial charge in [0.1, 0.15) is 11.6 Å². The van der Waals surface area contributed by atoms with Gasteiger partial charge in [0, 0.05) is 43.6 Å². The zero-order chi connectivity index (χ0) is 20.0. The molecule has 2 N–H and O–H groups in total. The van der Waals surface area contributed by atoms with E-state index in [1.54, 1.807) is 18.6 Å². The van der Waals surface area contributed by atoms with Crippen molar-refractivity contribution < 1.29 is 9.50 Å². The van der Waals surface area contributed by atoms with Crippen molar-refractivity contribution in [2.24, 2.45) is 0 Å². The molecule has 5 rings (SSSR count). The average Bonchev–Trinajstić information content (AvgIpc) is 3.38. The molecule has 1 aromatic carbocycles. The number of hydrogen-bond donors (Lipinski definition) is 2. The Morgan fingerprint density at radius 3 is 2.66 bits per heavy atom. The number of phenolic OH excluding ortho intramolecular Hbond substituents is 1. The van der Waals surface area contributed by atoms with E-state index in [0.29, 0.717) is 23.9 Å². The van der Waals surface area contributed by atoms with Gasteiger partial charge in [0.05, 0.1) is 23.8 Å². The Bertz CT molecular complexity index is 996. The number of piperidine rings is 1. The van der Waals surface area contributed by atoms with Crippen LogP contribution in [0.15, 0.2) is 37.1 Å². The Hall–Kier alpha value is -3.07. The average molecular weight is 395 g/mol. The SMILES string of the molecule is CN(c1cnc(-c2cc(F)c(-n3ccnc3)cc2O)nn1)C1CC2CCC(C1)N2. The van der Waals surface area contributed by atoms with Gasteiger partial charge in [-0.15, -0.1) is 10.2 Å². The van der Waals surface area contributed by atoms with Crippen LogP contribution in [0.2, 0.25) is 0 Å². The molecule has 2 saturated heterocycles. The van der Waals surface area contributed by atoms with E-state index in [9.17, 15) is 9.50 Å². The Balaban J connectivity index is 1.38. The number of rotatable bonds is 4. The second kappa shape index (κ2) is 7.07. The number of imidazole rings is 1. The molecule has 2 atom stereocenters. The van der Waals surface area contributed by atoms with Crippen molar-refractivity contribution in [3.8, 4) is 22.8 Å². The third-order valence-corrected chi connectivity index (χ3v) is 6.00. The molecule has 4 heterocycles. The van der Waals surface area contributed by atoms with Crippen LogP contribution in [0.4, 0.5) is 10.2 Å². The van der Waals surface area contributed by atoms with Gasteiger partial charge in [-0.25, -0.2) is 14.4 Å². The summed E-state index contributed by atoms with van der Waals surface area (Å²) in [4.78, 5) is 10.4. The van der Waals surface area contributed by atoms with Crippen LogP contribution in [0.25, 0.3) is 17.1 Å². The Morgan fingerprint density at radius 1 is 1.21 bits per heavy atom. The van der Waals surface area contributed by atoms with Crippen molar-refractivity contribution in [2.45, 2.75) is 43.8 Å². The second-order valence-corrected chi connectivity index (χ2v) is 7.80. The van der Waals surface area contributed by atoms with Gasteiger partial charge < -0.3 is 19.9 Å². The summed E-state index contributed by atoms with van der Waals surface area (Å²) in [6.07, 6.45) is 10.9. The molecule has 9 heteroatoms. The number of anilines is 1. The minimum atomic E-state index is -0.509. The highest BCUT2D eigenvalue weighted by Crippen LogP contribution is 2.32. The molecule has 2 bridgehead atoms. The van der Waals surface area contributed by atoms with Crippen LogP contribution < -0.4 is 10.2 Å². The van der Waals surface area contributed by atoms with E-state index in [1.807, 2.05) is 7.05 Å². The summed E-state index contributed by atoms with van der Waals surface area (Å²) >= 11 is 0. The van der Waals surface area contributed by atoms with Crippen LogP contribution in [0.1, 0.15) is 25.7 Å². The molecule has 0 saturated carbocycles. The standard InChI is InChI=1S/C20H22FN7O/c1-27(14-6-12-2-3-13(7-14)24-12)19-10-23-20(26-25-19)15-8-16(21)17(9-18(15)29)28-5-4-22-11-28/h4-5,8-14,24,29H,2-3,6-7H2,1H3. The van der Waals surface area contributed by atoms with E-state index in [2.05, 4.69) is 30.4 Å². The fourth-order valence-corrected chi connectivity index (χ4v) is 4.41. The maximum atomic E-state index is 14.6. The summed E-state index contributed by atoms with van der Waals surface area (Å²) in [5, 5.41) is 22.5. The maximum Gasteiger partial charge on any atom is 0.185 e. The van der Waals surface area contributed by atoms with Gasteiger partial charge in [0.2, 0.25) is 0 Å². The molecule has 0 spiro atoms. The molecule has 8 nitrogen and oxygen atoms in total. The van der Waals surface area contributed by atoms with Crippen LogP contribution in [0.3, 0.4) is 0 Å². The number of hydrogen-bond acceptors (Lipinski definition) is 7.